The molecule has 3 aliphatic heterocycles. The lowest BCUT2D eigenvalue weighted by atomic mass is 9.88. The van der Waals surface area contributed by atoms with Crippen LogP contribution in [0.1, 0.15) is 17.8 Å². The van der Waals surface area contributed by atoms with Crippen molar-refractivity contribution in [3.63, 3.8) is 0 Å². The van der Waals surface area contributed by atoms with Gasteiger partial charge in [0, 0.05) is 30.7 Å². The van der Waals surface area contributed by atoms with E-state index in [4.69, 9.17) is 0 Å². The molecule has 0 N–H and O–H groups in total. The minimum Gasteiger partial charge on any atom is -0.352 e. The molecule has 0 radical (unpaired) electrons. The standard InChI is InChI=1S/C16H20N6S/c1-10-6-11(2)19-15(18-10)22-12-7-13(22)9-21(8-12)14-4-5-17-16(20-14)23-3/h4-6,12-13H,7-9H2,1-3H3. The molecule has 0 amide bonds. The zero-order valence-electron chi connectivity index (χ0n) is 13.6. The Bertz CT molecular complexity index is 704. The Morgan fingerprint density at radius 3 is 2.43 bits per heavy atom. The lowest BCUT2D eigenvalue weighted by Gasteiger charge is -2.56. The molecule has 3 saturated heterocycles. The van der Waals surface area contributed by atoms with Crippen LogP contribution in [0.25, 0.3) is 0 Å². The van der Waals surface area contributed by atoms with E-state index in [1.54, 1.807) is 11.8 Å². The summed E-state index contributed by atoms with van der Waals surface area (Å²) < 4.78 is 0. The molecule has 2 atom stereocenters. The van der Waals surface area contributed by atoms with E-state index in [9.17, 15) is 0 Å². The maximum Gasteiger partial charge on any atom is 0.226 e. The van der Waals surface area contributed by atoms with Crippen molar-refractivity contribution in [1.29, 1.82) is 0 Å². The first kappa shape index (κ1) is 14.7. The predicted molar refractivity (Wildman–Crippen MR) is 92.2 cm³/mol. The van der Waals surface area contributed by atoms with Gasteiger partial charge in [-0.15, -0.1) is 0 Å². The summed E-state index contributed by atoms with van der Waals surface area (Å²) in [5, 5.41) is 0.830. The Morgan fingerprint density at radius 1 is 1.09 bits per heavy atom. The highest BCUT2D eigenvalue weighted by molar-refractivity contribution is 7.98. The van der Waals surface area contributed by atoms with Gasteiger partial charge >= 0.3 is 0 Å². The summed E-state index contributed by atoms with van der Waals surface area (Å²) in [6.07, 6.45) is 5.07. The van der Waals surface area contributed by atoms with Crippen molar-refractivity contribution < 1.29 is 0 Å². The molecule has 23 heavy (non-hydrogen) atoms. The van der Waals surface area contributed by atoms with Gasteiger partial charge in [-0.2, -0.15) is 0 Å². The second-order valence-electron chi connectivity index (χ2n) is 6.21. The van der Waals surface area contributed by atoms with Gasteiger partial charge in [-0.25, -0.2) is 19.9 Å². The van der Waals surface area contributed by atoms with Crippen molar-refractivity contribution >= 4 is 23.5 Å². The molecule has 2 aromatic heterocycles. The van der Waals surface area contributed by atoms with Crippen molar-refractivity contribution in [2.45, 2.75) is 37.5 Å². The number of piperazine rings is 1. The van der Waals surface area contributed by atoms with Gasteiger partial charge in [0.1, 0.15) is 5.82 Å². The van der Waals surface area contributed by atoms with Crippen LogP contribution in [0.4, 0.5) is 11.8 Å². The molecule has 0 saturated carbocycles. The van der Waals surface area contributed by atoms with Crippen LogP contribution < -0.4 is 9.80 Å². The molecule has 2 bridgehead atoms. The van der Waals surface area contributed by atoms with E-state index in [-0.39, 0.29) is 0 Å². The molecule has 0 aliphatic carbocycles. The van der Waals surface area contributed by atoms with Crippen LogP contribution in [-0.4, -0.2) is 51.4 Å². The van der Waals surface area contributed by atoms with Crippen LogP contribution in [0.3, 0.4) is 0 Å². The van der Waals surface area contributed by atoms with Gasteiger partial charge in [0.25, 0.3) is 0 Å². The summed E-state index contributed by atoms with van der Waals surface area (Å²) in [5.74, 6) is 1.91. The van der Waals surface area contributed by atoms with E-state index in [0.29, 0.717) is 12.1 Å². The first-order valence-electron chi connectivity index (χ1n) is 7.86. The van der Waals surface area contributed by atoms with E-state index >= 15 is 0 Å². The molecule has 6 nitrogen and oxygen atoms in total. The number of thioether (sulfide) groups is 1. The lowest BCUT2D eigenvalue weighted by Crippen LogP contribution is -2.69. The van der Waals surface area contributed by atoms with Crippen LogP contribution >= 0.6 is 11.8 Å². The highest BCUT2D eigenvalue weighted by atomic mass is 32.2. The van der Waals surface area contributed by atoms with E-state index < -0.39 is 0 Å². The SMILES string of the molecule is CSc1nccc(N2CC3CC(C2)N3c2nc(C)cc(C)n2)n1. The second kappa shape index (κ2) is 5.63. The summed E-state index contributed by atoms with van der Waals surface area (Å²) in [6.45, 7) is 6.01. The molecule has 7 heteroatoms. The van der Waals surface area contributed by atoms with Gasteiger partial charge in [0.05, 0.1) is 12.1 Å². The Labute approximate surface area is 140 Å². The normalized spacial score (nSPS) is 22.9. The maximum atomic E-state index is 4.63. The average Bonchev–Trinajstić information content (AvgIpc) is 2.54. The maximum absolute atomic E-state index is 4.63. The van der Waals surface area contributed by atoms with Gasteiger partial charge in [-0.05, 0) is 38.7 Å². The lowest BCUT2D eigenvalue weighted by molar-refractivity contribution is 0.284. The van der Waals surface area contributed by atoms with Gasteiger partial charge in [0.15, 0.2) is 5.16 Å². The number of rotatable bonds is 3. The third-order valence-corrected chi connectivity index (χ3v) is 5.08. The van der Waals surface area contributed by atoms with E-state index in [1.807, 2.05) is 38.4 Å². The number of piperidine rings is 1. The first-order chi connectivity index (χ1) is 11.1. The number of aromatic nitrogens is 4. The van der Waals surface area contributed by atoms with Crippen LogP contribution in [0.5, 0.6) is 0 Å². The summed E-state index contributed by atoms with van der Waals surface area (Å²) in [4.78, 5) is 22.9. The molecule has 120 valence electrons. The van der Waals surface area contributed by atoms with Crippen molar-refractivity contribution in [1.82, 2.24) is 19.9 Å². The summed E-state index contributed by atoms with van der Waals surface area (Å²) in [6, 6.07) is 4.98. The largest absolute Gasteiger partial charge is 0.352 e. The zero-order chi connectivity index (χ0) is 16.0. The molecule has 2 aromatic rings. The third kappa shape index (κ3) is 2.63. The molecule has 0 aromatic carbocycles. The van der Waals surface area contributed by atoms with Gasteiger partial charge < -0.3 is 9.80 Å². The molecule has 0 spiro atoms. The molecule has 5 heterocycles. The van der Waals surface area contributed by atoms with Gasteiger partial charge in [-0.3, -0.25) is 0 Å². The number of anilines is 2. The highest BCUT2D eigenvalue weighted by Crippen LogP contribution is 2.36. The molecule has 5 rings (SSSR count). The fraction of sp³-hybridized carbons (Fsp3) is 0.500. The number of aryl methyl sites for hydroxylation is 2. The van der Waals surface area contributed by atoms with Crippen molar-refractivity contribution in [3.8, 4) is 0 Å². The van der Waals surface area contributed by atoms with E-state index in [1.165, 1.54) is 6.42 Å². The van der Waals surface area contributed by atoms with Gasteiger partial charge in [-0.1, -0.05) is 11.8 Å². The van der Waals surface area contributed by atoms with Gasteiger partial charge in [0.2, 0.25) is 5.95 Å². The van der Waals surface area contributed by atoms with Crippen LogP contribution in [0.15, 0.2) is 23.5 Å². The Morgan fingerprint density at radius 2 is 1.78 bits per heavy atom. The summed E-state index contributed by atoms with van der Waals surface area (Å²) >= 11 is 1.58. The molecular weight excluding hydrogens is 308 g/mol. The molecule has 3 aliphatic rings. The highest BCUT2D eigenvalue weighted by Gasteiger charge is 2.46. The van der Waals surface area contributed by atoms with Crippen LogP contribution in [0, 0.1) is 13.8 Å². The van der Waals surface area contributed by atoms with E-state index in [2.05, 4.69) is 29.7 Å². The van der Waals surface area contributed by atoms with E-state index in [0.717, 1.165) is 41.4 Å². The average molecular weight is 328 g/mol. The molecule has 3 fully saturated rings. The minimum atomic E-state index is 0.475. The molecule has 2 unspecified atom stereocenters. The molecular formula is C16H20N6S. The van der Waals surface area contributed by atoms with Crippen molar-refractivity contribution in [2.75, 3.05) is 29.1 Å². The number of fused-ring (bicyclic) bond motifs is 2. The summed E-state index contributed by atoms with van der Waals surface area (Å²) in [7, 11) is 0. The monoisotopic (exact) mass is 328 g/mol. The fourth-order valence-electron chi connectivity index (χ4n) is 3.55. The van der Waals surface area contributed by atoms with Crippen molar-refractivity contribution in [2.24, 2.45) is 0 Å². The third-order valence-electron chi connectivity index (χ3n) is 4.52. The Balaban J connectivity index is 1.54. The quantitative estimate of drug-likeness (QED) is 0.631. The summed E-state index contributed by atoms with van der Waals surface area (Å²) in [5.41, 5.74) is 2.07. The second-order valence-corrected chi connectivity index (χ2v) is 6.98. The number of hydrogen-bond donors (Lipinski definition) is 0. The van der Waals surface area contributed by atoms with Crippen LogP contribution in [0.2, 0.25) is 0 Å². The Hall–Kier alpha value is -1.89. The van der Waals surface area contributed by atoms with Crippen molar-refractivity contribution in [3.05, 3.63) is 29.7 Å². The number of hydrogen-bond acceptors (Lipinski definition) is 7. The minimum absolute atomic E-state index is 0.475. The number of nitrogens with zero attached hydrogens (tertiary/aromatic N) is 6. The fourth-order valence-corrected chi connectivity index (χ4v) is 3.90. The Kier molecular flexibility index (Phi) is 3.60. The predicted octanol–water partition coefficient (Wildman–Crippen LogP) is 2.07. The topological polar surface area (TPSA) is 58.0 Å². The first-order valence-corrected chi connectivity index (χ1v) is 9.09. The zero-order valence-corrected chi connectivity index (χ0v) is 14.4. The van der Waals surface area contributed by atoms with Crippen LogP contribution in [-0.2, 0) is 0 Å². The smallest absolute Gasteiger partial charge is 0.226 e.